The van der Waals surface area contributed by atoms with Crippen molar-refractivity contribution in [3.05, 3.63) is 21.9 Å². The molecule has 1 N–H and O–H groups in total. The number of carbonyl (C=O) groups is 1. The minimum absolute atomic E-state index is 0.0451. The number of carbonyl (C=O) groups excluding carboxylic acids is 1. The SMILES string of the molecule is O=C(c1csc(C#CCO)c1)N1CCC(C(F)(F)F)CC1. The average molecular weight is 317 g/mol. The van der Waals surface area contributed by atoms with Crippen molar-refractivity contribution in [2.24, 2.45) is 5.92 Å². The lowest BCUT2D eigenvalue weighted by Crippen LogP contribution is -2.42. The van der Waals surface area contributed by atoms with Crippen LogP contribution in [0.2, 0.25) is 0 Å². The second-order valence-corrected chi connectivity index (χ2v) is 5.68. The molecule has 114 valence electrons. The smallest absolute Gasteiger partial charge is 0.384 e. The Morgan fingerprint density at radius 1 is 1.43 bits per heavy atom. The number of thiophene rings is 1. The molecule has 0 atom stereocenters. The lowest BCUT2D eigenvalue weighted by Gasteiger charge is -2.32. The van der Waals surface area contributed by atoms with Crippen molar-refractivity contribution in [1.29, 1.82) is 0 Å². The van der Waals surface area contributed by atoms with Crippen molar-refractivity contribution in [1.82, 2.24) is 4.90 Å². The molecule has 1 saturated heterocycles. The number of aliphatic hydroxyl groups excluding tert-OH is 1. The van der Waals surface area contributed by atoms with Gasteiger partial charge in [0.15, 0.2) is 0 Å². The molecule has 1 amide bonds. The molecule has 0 aliphatic carbocycles. The van der Waals surface area contributed by atoms with Gasteiger partial charge in [0.05, 0.1) is 16.4 Å². The fraction of sp³-hybridized carbons (Fsp3) is 0.500. The summed E-state index contributed by atoms with van der Waals surface area (Å²) in [5.41, 5.74) is 0.438. The van der Waals surface area contributed by atoms with E-state index < -0.39 is 12.1 Å². The minimum atomic E-state index is -4.18. The van der Waals surface area contributed by atoms with Gasteiger partial charge in [-0.15, -0.1) is 11.3 Å². The number of rotatable bonds is 1. The molecule has 1 fully saturated rings. The molecule has 0 aromatic carbocycles. The van der Waals surface area contributed by atoms with Gasteiger partial charge in [0.25, 0.3) is 5.91 Å². The van der Waals surface area contributed by atoms with E-state index in [0.29, 0.717) is 10.4 Å². The van der Waals surface area contributed by atoms with Crippen LogP contribution in [-0.4, -0.2) is 41.8 Å². The van der Waals surface area contributed by atoms with Crippen LogP contribution in [0.1, 0.15) is 28.1 Å². The van der Waals surface area contributed by atoms with E-state index in [0.717, 1.165) is 0 Å². The first-order chi connectivity index (χ1) is 9.91. The minimum Gasteiger partial charge on any atom is -0.384 e. The average Bonchev–Trinajstić information content (AvgIpc) is 2.92. The summed E-state index contributed by atoms with van der Waals surface area (Å²) in [6.07, 6.45) is -4.27. The zero-order valence-corrected chi connectivity index (χ0v) is 11.9. The maximum Gasteiger partial charge on any atom is 0.391 e. The maximum absolute atomic E-state index is 12.6. The topological polar surface area (TPSA) is 40.5 Å². The van der Waals surface area contributed by atoms with Gasteiger partial charge in [-0.2, -0.15) is 13.2 Å². The molecule has 0 saturated carbocycles. The summed E-state index contributed by atoms with van der Waals surface area (Å²) in [6, 6.07) is 1.60. The van der Waals surface area contributed by atoms with E-state index >= 15 is 0 Å². The molecule has 0 radical (unpaired) electrons. The van der Waals surface area contributed by atoms with Gasteiger partial charge < -0.3 is 10.0 Å². The van der Waals surface area contributed by atoms with Gasteiger partial charge in [-0.25, -0.2) is 0 Å². The Kier molecular flexibility index (Phi) is 4.91. The van der Waals surface area contributed by atoms with Crippen molar-refractivity contribution in [3.8, 4) is 11.8 Å². The van der Waals surface area contributed by atoms with Crippen LogP contribution < -0.4 is 0 Å². The second kappa shape index (κ2) is 6.50. The summed E-state index contributed by atoms with van der Waals surface area (Å²) in [4.78, 5) is 14.3. The zero-order valence-electron chi connectivity index (χ0n) is 11.1. The molecule has 3 nitrogen and oxygen atoms in total. The van der Waals surface area contributed by atoms with E-state index in [-0.39, 0.29) is 38.4 Å². The molecular weight excluding hydrogens is 303 g/mol. The number of hydrogen-bond acceptors (Lipinski definition) is 3. The Hall–Kier alpha value is -1.52. The predicted molar refractivity (Wildman–Crippen MR) is 73.0 cm³/mol. The van der Waals surface area contributed by atoms with E-state index in [1.165, 1.54) is 16.2 Å². The molecule has 1 aliphatic heterocycles. The van der Waals surface area contributed by atoms with Gasteiger partial charge in [0.2, 0.25) is 0 Å². The summed E-state index contributed by atoms with van der Waals surface area (Å²) in [5, 5.41) is 10.2. The third-order valence-electron chi connectivity index (χ3n) is 3.38. The summed E-state index contributed by atoms with van der Waals surface area (Å²) >= 11 is 1.27. The van der Waals surface area contributed by atoms with Crippen molar-refractivity contribution < 1.29 is 23.1 Å². The molecule has 0 spiro atoms. The van der Waals surface area contributed by atoms with Crippen LogP contribution >= 0.6 is 11.3 Å². The van der Waals surface area contributed by atoms with E-state index in [9.17, 15) is 18.0 Å². The number of aliphatic hydroxyl groups is 1. The summed E-state index contributed by atoms with van der Waals surface area (Å²) in [7, 11) is 0. The number of piperidine rings is 1. The molecule has 0 bridgehead atoms. The van der Waals surface area contributed by atoms with Gasteiger partial charge >= 0.3 is 6.18 Å². The summed E-state index contributed by atoms with van der Waals surface area (Å²) in [6.45, 7) is -0.0147. The van der Waals surface area contributed by atoms with Gasteiger partial charge in [-0.1, -0.05) is 11.8 Å². The van der Waals surface area contributed by atoms with Crippen LogP contribution in [0.15, 0.2) is 11.4 Å². The van der Waals surface area contributed by atoms with Crippen LogP contribution in [0, 0.1) is 17.8 Å². The van der Waals surface area contributed by atoms with Gasteiger partial charge in [-0.3, -0.25) is 4.79 Å². The van der Waals surface area contributed by atoms with Crippen LogP contribution in [0.4, 0.5) is 13.2 Å². The van der Waals surface area contributed by atoms with Crippen molar-refractivity contribution >= 4 is 17.2 Å². The number of alkyl halides is 3. The first-order valence-corrected chi connectivity index (χ1v) is 7.34. The first kappa shape index (κ1) is 15.9. The highest BCUT2D eigenvalue weighted by Crippen LogP contribution is 2.34. The number of nitrogens with zero attached hydrogens (tertiary/aromatic N) is 1. The van der Waals surface area contributed by atoms with Gasteiger partial charge in [-0.05, 0) is 18.9 Å². The zero-order chi connectivity index (χ0) is 15.5. The number of halogens is 3. The quantitative estimate of drug-likeness (QED) is 0.809. The largest absolute Gasteiger partial charge is 0.391 e. The number of likely N-dealkylation sites (tertiary alicyclic amines) is 1. The fourth-order valence-electron chi connectivity index (χ4n) is 2.23. The molecule has 21 heavy (non-hydrogen) atoms. The fourth-order valence-corrected chi connectivity index (χ4v) is 2.98. The normalized spacial score (nSPS) is 16.5. The lowest BCUT2D eigenvalue weighted by molar-refractivity contribution is -0.183. The molecule has 1 aromatic rings. The Morgan fingerprint density at radius 3 is 2.67 bits per heavy atom. The van der Waals surface area contributed by atoms with E-state index in [1.54, 1.807) is 11.4 Å². The van der Waals surface area contributed by atoms with E-state index in [1.807, 2.05) is 0 Å². The highest BCUT2D eigenvalue weighted by Gasteiger charge is 2.41. The standard InChI is InChI=1S/C14H14F3NO2S/c15-14(16,17)11-3-5-18(6-4-11)13(20)10-8-12(21-9-10)2-1-7-19/h8-9,11,19H,3-7H2. The third-order valence-corrected chi connectivity index (χ3v) is 4.23. The maximum atomic E-state index is 12.6. The van der Waals surface area contributed by atoms with Crippen molar-refractivity contribution in [2.75, 3.05) is 19.7 Å². The predicted octanol–water partition coefficient (Wildman–Crippen LogP) is 2.51. The Labute approximate surface area is 124 Å². The molecule has 1 aromatic heterocycles. The Morgan fingerprint density at radius 2 is 2.10 bits per heavy atom. The van der Waals surface area contributed by atoms with E-state index in [4.69, 9.17) is 5.11 Å². The molecule has 0 unspecified atom stereocenters. The van der Waals surface area contributed by atoms with Crippen LogP contribution in [-0.2, 0) is 0 Å². The van der Waals surface area contributed by atoms with Crippen molar-refractivity contribution in [3.63, 3.8) is 0 Å². The second-order valence-electron chi connectivity index (χ2n) is 4.77. The first-order valence-electron chi connectivity index (χ1n) is 6.46. The molecule has 2 rings (SSSR count). The molecule has 1 aliphatic rings. The van der Waals surface area contributed by atoms with Crippen LogP contribution in [0.25, 0.3) is 0 Å². The lowest BCUT2D eigenvalue weighted by atomic mass is 9.96. The number of hydrogen-bond donors (Lipinski definition) is 1. The summed E-state index contributed by atoms with van der Waals surface area (Å²) in [5.74, 6) is 3.61. The van der Waals surface area contributed by atoms with Gasteiger partial charge in [0, 0.05) is 18.5 Å². The molecular formula is C14H14F3NO2S. The number of amides is 1. The Balaban J connectivity index is 1.97. The monoisotopic (exact) mass is 317 g/mol. The summed E-state index contributed by atoms with van der Waals surface area (Å²) < 4.78 is 37.7. The highest BCUT2D eigenvalue weighted by atomic mass is 32.1. The van der Waals surface area contributed by atoms with Gasteiger partial charge in [0.1, 0.15) is 6.61 Å². The molecule has 7 heteroatoms. The van der Waals surface area contributed by atoms with Crippen LogP contribution in [0.5, 0.6) is 0 Å². The highest BCUT2D eigenvalue weighted by molar-refractivity contribution is 7.10. The van der Waals surface area contributed by atoms with Crippen molar-refractivity contribution in [2.45, 2.75) is 19.0 Å². The van der Waals surface area contributed by atoms with E-state index in [2.05, 4.69) is 11.8 Å². The third kappa shape index (κ3) is 3.99. The Bertz CT molecular complexity index is 563. The molecule has 2 heterocycles. The van der Waals surface area contributed by atoms with Crippen LogP contribution in [0.3, 0.4) is 0 Å².